The van der Waals surface area contributed by atoms with E-state index >= 15 is 0 Å². The van der Waals surface area contributed by atoms with Gasteiger partial charge in [-0.2, -0.15) is 0 Å². The Balaban J connectivity index is 1.96. The molecule has 1 atom stereocenters. The van der Waals surface area contributed by atoms with E-state index in [4.69, 9.17) is 5.84 Å². The zero-order chi connectivity index (χ0) is 9.80. The van der Waals surface area contributed by atoms with Crippen LogP contribution in [0.1, 0.15) is 51.4 Å². The Morgan fingerprint density at radius 1 is 1.21 bits per heavy atom. The maximum absolute atomic E-state index is 5.64. The number of nitrogens with two attached hydrogens (primary N) is 1. The largest absolute Gasteiger partial charge is 0.271 e. The summed E-state index contributed by atoms with van der Waals surface area (Å²) in [4.78, 5) is 0. The molecule has 14 heavy (non-hydrogen) atoms. The van der Waals surface area contributed by atoms with Crippen LogP contribution in [-0.4, -0.2) is 6.04 Å². The lowest BCUT2D eigenvalue weighted by atomic mass is 9.93. The maximum atomic E-state index is 5.64. The van der Waals surface area contributed by atoms with Gasteiger partial charge < -0.3 is 0 Å². The van der Waals surface area contributed by atoms with Crippen molar-refractivity contribution >= 4 is 0 Å². The summed E-state index contributed by atoms with van der Waals surface area (Å²) < 4.78 is 0. The molecular weight excluding hydrogens is 172 g/mol. The average molecular weight is 194 g/mol. The van der Waals surface area contributed by atoms with Crippen molar-refractivity contribution in [3.05, 3.63) is 11.6 Å². The second-order valence-corrected chi connectivity index (χ2v) is 4.71. The first-order valence-electron chi connectivity index (χ1n) is 6.07. The summed E-state index contributed by atoms with van der Waals surface area (Å²) in [5.41, 5.74) is 4.61. The van der Waals surface area contributed by atoms with Crippen LogP contribution in [-0.2, 0) is 0 Å². The third-order valence-electron chi connectivity index (χ3n) is 3.50. The molecule has 2 heteroatoms. The predicted octanol–water partition coefficient (Wildman–Crippen LogP) is 2.51. The van der Waals surface area contributed by atoms with Crippen LogP contribution < -0.4 is 11.3 Å². The van der Waals surface area contributed by atoms with Crippen LogP contribution in [0.25, 0.3) is 0 Å². The molecule has 1 saturated carbocycles. The molecule has 80 valence electrons. The van der Waals surface area contributed by atoms with Crippen molar-refractivity contribution in [2.24, 2.45) is 11.8 Å². The van der Waals surface area contributed by atoms with Gasteiger partial charge in [0.1, 0.15) is 0 Å². The van der Waals surface area contributed by atoms with Crippen molar-refractivity contribution in [2.45, 2.75) is 57.4 Å². The minimum absolute atomic E-state index is 0.494. The van der Waals surface area contributed by atoms with Gasteiger partial charge in [-0.05, 0) is 44.4 Å². The van der Waals surface area contributed by atoms with Crippen molar-refractivity contribution in [1.82, 2.24) is 5.43 Å². The van der Waals surface area contributed by atoms with Crippen molar-refractivity contribution in [1.29, 1.82) is 0 Å². The van der Waals surface area contributed by atoms with E-state index in [1.165, 1.54) is 51.4 Å². The SMILES string of the molecule is NNC(C1=CCCCCCC1)C1CC1. The highest BCUT2D eigenvalue weighted by atomic mass is 15.2. The molecule has 0 aromatic carbocycles. The van der Waals surface area contributed by atoms with Gasteiger partial charge in [0.15, 0.2) is 0 Å². The Bertz CT molecular complexity index is 206. The van der Waals surface area contributed by atoms with E-state index in [9.17, 15) is 0 Å². The monoisotopic (exact) mass is 194 g/mol. The summed E-state index contributed by atoms with van der Waals surface area (Å²) in [6.07, 6.45) is 13.3. The molecule has 2 aliphatic rings. The summed E-state index contributed by atoms with van der Waals surface area (Å²) in [6.45, 7) is 0. The highest BCUT2D eigenvalue weighted by molar-refractivity contribution is 5.15. The van der Waals surface area contributed by atoms with Gasteiger partial charge >= 0.3 is 0 Å². The van der Waals surface area contributed by atoms with Gasteiger partial charge in [0, 0.05) is 6.04 Å². The van der Waals surface area contributed by atoms with E-state index in [1.54, 1.807) is 5.57 Å². The molecule has 0 bridgehead atoms. The van der Waals surface area contributed by atoms with Gasteiger partial charge in [-0.25, -0.2) is 0 Å². The molecule has 0 aromatic heterocycles. The highest BCUT2D eigenvalue weighted by Gasteiger charge is 2.32. The quantitative estimate of drug-likeness (QED) is 0.411. The van der Waals surface area contributed by atoms with E-state index in [0.717, 1.165) is 5.92 Å². The van der Waals surface area contributed by atoms with Crippen LogP contribution in [0.4, 0.5) is 0 Å². The van der Waals surface area contributed by atoms with Gasteiger partial charge in [0.2, 0.25) is 0 Å². The van der Waals surface area contributed by atoms with Crippen LogP contribution in [0.5, 0.6) is 0 Å². The van der Waals surface area contributed by atoms with Crippen LogP contribution in [0.2, 0.25) is 0 Å². The molecular formula is C12H22N2. The maximum Gasteiger partial charge on any atom is 0.0447 e. The Kier molecular flexibility index (Phi) is 3.60. The van der Waals surface area contributed by atoms with Gasteiger partial charge in [-0.15, -0.1) is 0 Å². The van der Waals surface area contributed by atoms with Crippen LogP contribution in [0.3, 0.4) is 0 Å². The highest BCUT2D eigenvalue weighted by Crippen LogP contribution is 2.37. The first-order chi connectivity index (χ1) is 6.92. The standard InChI is InChI=1S/C12H22N2/c13-14-12(11-8-9-11)10-6-4-2-1-3-5-7-10/h6,11-12,14H,1-5,7-9,13H2. The first-order valence-corrected chi connectivity index (χ1v) is 6.07. The molecule has 3 N–H and O–H groups in total. The van der Waals surface area contributed by atoms with E-state index in [2.05, 4.69) is 11.5 Å². The number of allylic oxidation sites excluding steroid dienone is 1. The van der Waals surface area contributed by atoms with Crippen LogP contribution in [0, 0.1) is 5.92 Å². The molecule has 2 rings (SSSR count). The number of nitrogens with one attached hydrogen (secondary N) is 1. The minimum atomic E-state index is 0.494. The Hall–Kier alpha value is -0.340. The normalized spacial score (nSPS) is 26.2. The van der Waals surface area contributed by atoms with Crippen molar-refractivity contribution in [3.8, 4) is 0 Å². The molecule has 1 unspecified atom stereocenters. The summed E-state index contributed by atoms with van der Waals surface area (Å²) >= 11 is 0. The lowest BCUT2D eigenvalue weighted by Gasteiger charge is -2.21. The fourth-order valence-electron chi connectivity index (χ4n) is 2.47. The third kappa shape index (κ3) is 2.58. The summed E-state index contributed by atoms with van der Waals surface area (Å²) in [7, 11) is 0. The predicted molar refractivity (Wildman–Crippen MR) is 59.6 cm³/mol. The summed E-state index contributed by atoms with van der Waals surface area (Å²) in [5.74, 6) is 6.48. The minimum Gasteiger partial charge on any atom is -0.271 e. The molecule has 0 aromatic rings. The van der Waals surface area contributed by atoms with Crippen molar-refractivity contribution in [3.63, 3.8) is 0 Å². The lowest BCUT2D eigenvalue weighted by Crippen LogP contribution is -2.38. The van der Waals surface area contributed by atoms with E-state index in [0.29, 0.717) is 6.04 Å². The fourth-order valence-corrected chi connectivity index (χ4v) is 2.47. The number of hydrogen-bond acceptors (Lipinski definition) is 2. The van der Waals surface area contributed by atoms with Gasteiger partial charge in [-0.1, -0.05) is 24.5 Å². The summed E-state index contributed by atoms with van der Waals surface area (Å²) in [5, 5.41) is 0. The molecule has 0 aliphatic heterocycles. The van der Waals surface area contributed by atoms with Crippen molar-refractivity contribution in [2.75, 3.05) is 0 Å². The lowest BCUT2D eigenvalue weighted by molar-refractivity contribution is 0.499. The Labute approximate surface area is 86.9 Å². The van der Waals surface area contributed by atoms with Gasteiger partial charge in [0.25, 0.3) is 0 Å². The molecule has 0 amide bonds. The fraction of sp³-hybridized carbons (Fsp3) is 0.833. The second-order valence-electron chi connectivity index (χ2n) is 4.71. The molecule has 2 aliphatic carbocycles. The molecule has 0 saturated heterocycles. The molecule has 0 heterocycles. The second kappa shape index (κ2) is 4.94. The number of hydrazine groups is 1. The van der Waals surface area contributed by atoms with Crippen LogP contribution in [0.15, 0.2) is 11.6 Å². The molecule has 0 radical (unpaired) electrons. The van der Waals surface area contributed by atoms with Crippen LogP contribution >= 0.6 is 0 Å². The van der Waals surface area contributed by atoms with E-state index in [-0.39, 0.29) is 0 Å². The van der Waals surface area contributed by atoms with E-state index < -0.39 is 0 Å². The zero-order valence-electron chi connectivity index (χ0n) is 8.97. The van der Waals surface area contributed by atoms with E-state index in [1.807, 2.05) is 0 Å². The third-order valence-corrected chi connectivity index (χ3v) is 3.50. The van der Waals surface area contributed by atoms with Gasteiger partial charge in [-0.3, -0.25) is 11.3 Å². The Morgan fingerprint density at radius 3 is 2.71 bits per heavy atom. The van der Waals surface area contributed by atoms with Crippen molar-refractivity contribution < 1.29 is 0 Å². The van der Waals surface area contributed by atoms with Gasteiger partial charge in [0.05, 0.1) is 0 Å². The zero-order valence-corrected chi connectivity index (χ0v) is 8.97. The Morgan fingerprint density at radius 2 is 2.00 bits per heavy atom. The summed E-state index contributed by atoms with van der Waals surface area (Å²) in [6, 6.07) is 0.494. The topological polar surface area (TPSA) is 38.0 Å². The molecule has 0 spiro atoms. The first kappa shape index (κ1) is 10.2. The molecule has 1 fully saturated rings. The average Bonchev–Trinajstić information content (AvgIpc) is 2.93. The number of hydrogen-bond donors (Lipinski definition) is 2. The molecule has 2 nitrogen and oxygen atoms in total. The number of rotatable bonds is 3. The smallest absolute Gasteiger partial charge is 0.0447 e.